The van der Waals surface area contributed by atoms with Crippen LogP contribution < -0.4 is 11.1 Å². The van der Waals surface area contributed by atoms with Gasteiger partial charge in [-0.2, -0.15) is 23.4 Å². The van der Waals surface area contributed by atoms with Gasteiger partial charge in [-0.15, -0.1) is 11.3 Å². The fourth-order valence-corrected chi connectivity index (χ4v) is 5.08. The van der Waals surface area contributed by atoms with Gasteiger partial charge in [0, 0.05) is 23.2 Å². The van der Waals surface area contributed by atoms with Crippen molar-refractivity contribution < 1.29 is 27.7 Å². The van der Waals surface area contributed by atoms with Crippen molar-refractivity contribution in [3.8, 4) is 11.1 Å². The van der Waals surface area contributed by atoms with Gasteiger partial charge >= 0.3 is 11.9 Å². The SMILES string of the molecule is CCC(C(=O)Nc1c(C(N)=O)sc2nc(C(F)(F)F)cc(-c3cnn(CC)c3C)c12)n1cc([N+](=O)[O-])cn1. The standard InChI is InChI=1S/C22H21F3N8O4S/c1-4-14(32-9-11(7-27-32)33(36)37)20(35)30-17-16-12(13-8-28-31(5-2)10(13)3)6-15(22(23,24)25)29-21(16)38-18(17)19(26)34/h6-9,14H,4-5H2,1-3H3,(H2,26,34)(H,30,35). The smallest absolute Gasteiger partial charge is 0.365 e. The molecule has 4 rings (SSSR count). The van der Waals surface area contributed by atoms with E-state index in [-0.39, 0.29) is 38.5 Å². The molecule has 1 atom stereocenters. The average Bonchev–Trinajstić information content (AvgIpc) is 3.56. The number of hydrogen-bond acceptors (Lipinski definition) is 8. The lowest BCUT2D eigenvalue weighted by molar-refractivity contribution is -0.385. The minimum absolute atomic E-state index is 0.0568. The molecule has 0 spiro atoms. The number of hydrogen-bond donors (Lipinski definition) is 2. The Kier molecular flexibility index (Phi) is 6.92. The first-order valence-electron chi connectivity index (χ1n) is 11.2. The zero-order valence-corrected chi connectivity index (χ0v) is 21.1. The number of fused-ring (bicyclic) bond motifs is 1. The molecule has 1 unspecified atom stereocenters. The van der Waals surface area contributed by atoms with E-state index in [1.807, 2.05) is 6.92 Å². The fourth-order valence-electron chi connectivity index (χ4n) is 4.07. The lowest BCUT2D eigenvalue weighted by atomic mass is 10.0. The van der Waals surface area contributed by atoms with E-state index < -0.39 is 34.6 Å². The normalized spacial score (nSPS) is 12.6. The predicted octanol–water partition coefficient (Wildman–Crippen LogP) is 4.30. The number of primary amides is 1. The lowest BCUT2D eigenvalue weighted by Crippen LogP contribution is -2.27. The van der Waals surface area contributed by atoms with Crippen molar-refractivity contribution >= 4 is 44.7 Å². The molecule has 200 valence electrons. The van der Waals surface area contributed by atoms with Crippen LogP contribution in [-0.2, 0) is 17.5 Å². The first-order valence-corrected chi connectivity index (χ1v) is 12.1. The van der Waals surface area contributed by atoms with Crippen molar-refractivity contribution in [3.05, 3.63) is 51.0 Å². The Morgan fingerprint density at radius 1 is 1.24 bits per heavy atom. The third-order valence-corrected chi connectivity index (χ3v) is 7.02. The van der Waals surface area contributed by atoms with Gasteiger partial charge in [0.05, 0.1) is 16.8 Å². The molecule has 0 aliphatic carbocycles. The lowest BCUT2D eigenvalue weighted by Gasteiger charge is -2.16. The first-order chi connectivity index (χ1) is 17.9. The van der Waals surface area contributed by atoms with Crippen LogP contribution in [-0.4, -0.2) is 41.3 Å². The number of alkyl halides is 3. The number of carbonyl (C=O) groups is 2. The number of nitrogens with one attached hydrogen (secondary N) is 1. The molecule has 0 radical (unpaired) electrons. The fraction of sp³-hybridized carbons (Fsp3) is 0.318. The van der Waals surface area contributed by atoms with Crippen LogP contribution in [0.4, 0.5) is 24.5 Å². The van der Waals surface area contributed by atoms with E-state index in [1.54, 1.807) is 18.5 Å². The number of halogens is 3. The Labute approximate surface area is 216 Å². The van der Waals surface area contributed by atoms with Gasteiger partial charge in [0.1, 0.15) is 33.8 Å². The molecule has 38 heavy (non-hydrogen) atoms. The number of carbonyl (C=O) groups excluding carboxylic acids is 2. The highest BCUT2D eigenvalue weighted by molar-refractivity contribution is 7.21. The third-order valence-electron chi connectivity index (χ3n) is 5.92. The number of thiophene rings is 1. The molecule has 0 fully saturated rings. The largest absolute Gasteiger partial charge is 0.433 e. The number of rotatable bonds is 8. The topological polar surface area (TPSA) is 164 Å². The third kappa shape index (κ3) is 4.69. The summed E-state index contributed by atoms with van der Waals surface area (Å²) in [6.45, 7) is 5.60. The van der Waals surface area contributed by atoms with Crippen molar-refractivity contribution in [2.75, 3.05) is 5.32 Å². The predicted molar refractivity (Wildman–Crippen MR) is 132 cm³/mol. The molecule has 3 N–H and O–H groups in total. The number of nitrogens with zero attached hydrogens (tertiary/aromatic N) is 6. The molecule has 2 amide bonds. The zero-order valence-electron chi connectivity index (χ0n) is 20.2. The summed E-state index contributed by atoms with van der Waals surface area (Å²) in [6.07, 6.45) is -1.16. The summed E-state index contributed by atoms with van der Waals surface area (Å²) < 4.78 is 44.0. The summed E-state index contributed by atoms with van der Waals surface area (Å²) in [5.74, 6) is -1.69. The van der Waals surface area contributed by atoms with Crippen molar-refractivity contribution in [2.24, 2.45) is 5.73 Å². The second-order valence-electron chi connectivity index (χ2n) is 8.21. The van der Waals surface area contributed by atoms with E-state index in [4.69, 9.17) is 5.73 Å². The van der Waals surface area contributed by atoms with Crippen LogP contribution in [0, 0.1) is 17.0 Å². The molecule has 0 bridgehead atoms. The summed E-state index contributed by atoms with van der Waals surface area (Å²) in [5.41, 5.74) is 4.89. The Morgan fingerprint density at radius 3 is 2.47 bits per heavy atom. The van der Waals surface area contributed by atoms with Crippen LogP contribution in [0.1, 0.15) is 47.4 Å². The molecule has 12 nitrogen and oxygen atoms in total. The van der Waals surface area contributed by atoms with Crippen molar-refractivity contribution in [3.63, 3.8) is 0 Å². The molecule has 0 saturated carbocycles. The summed E-state index contributed by atoms with van der Waals surface area (Å²) in [4.78, 5) is 39.4. The number of aromatic nitrogens is 5. The summed E-state index contributed by atoms with van der Waals surface area (Å²) in [7, 11) is 0. The minimum Gasteiger partial charge on any atom is -0.365 e. The number of pyridine rings is 1. The Bertz CT molecular complexity index is 1570. The summed E-state index contributed by atoms with van der Waals surface area (Å²) >= 11 is 0.615. The van der Waals surface area contributed by atoms with E-state index in [1.165, 1.54) is 6.20 Å². The maximum absolute atomic E-state index is 13.8. The van der Waals surface area contributed by atoms with Crippen molar-refractivity contribution in [2.45, 2.75) is 46.0 Å². The van der Waals surface area contributed by atoms with Crippen LogP contribution in [0.2, 0.25) is 0 Å². The maximum atomic E-state index is 13.8. The highest BCUT2D eigenvalue weighted by Gasteiger charge is 2.36. The van der Waals surface area contributed by atoms with Gasteiger partial charge in [-0.25, -0.2) is 4.98 Å². The van der Waals surface area contributed by atoms with E-state index in [9.17, 15) is 32.9 Å². The molecule has 0 aliphatic rings. The average molecular weight is 551 g/mol. The summed E-state index contributed by atoms with van der Waals surface area (Å²) in [5, 5.41) is 21.8. The van der Waals surface area contributed by atoms with Gasteiger partial charge < -0.3 is 11.1 Å². The molecular weight excluding hydrogens is 529 g/mol. The second kappa shape index (κ2) is 9.85. The molecule has 16 heteroatoms. The molecule has 4 heterocycles. The molecule has 0 aliphatic heterocycles. The highest BCUT2D eigenvalue weighted by atomic mass is 32.1. The van der Waals surface area contributed by atoms with E-state index in [0.717, 1.165) is 23.1 Å². The minimum atomic E-state index is -4.79. The molecule has 4 aromatic rings. The monoisotopic (exact) mass is 550 g/mol. The van der Waals surface area contributed by atoms with Gasteiger partial charge in [0.25, 0.3) is 5.91 Å². The number of aryl methyl sites for hydroxylation is 1. The van der Waals surface area contributed by atoms with Crippen LogP contribution in [0.3, 0.4) is 0 Å². The second-order valence-corrected chi connectivity index (χ2v) is 9.21. The van der Waals surface area contributed by atoms with Gasteiger partial charge in [-0.1, -0.05) is 6.92 Å². The Hall–Kier alpha value is -4.34. The number of nitro groups is 1. The van der Waals surface area contributed by atoms with Gasteiger partial charge in [-0.3, -0.25) is 29.1 Å². The Morgan fingerprint density at radius 2 is 1.95 bits per heavy atom. The quantitative estimate of drug-likeness (QED) is 0.244. The number of amides is 2. The number of nitrogens with two attached hydrogens (primary N) is 1. The van der Waals surface area contributed by atoms with Gasteiger partial charge in [0.2, 0.25) is 5.91 Å². The zero-order chi connectivity index (χ0) is 27.9. The van der Waals surface area contributed by atoms with E-state index in [0.29, 0.717) is 29.1 Å². The van der Waals surface area contributed by atoms with Gasteiger partial charge in [0.15, 0.2) is 0 Å². The first kappa shape index (κ1) is 26.7. The molecule has 0 saturated heterocycles. The molecule has 4 aromatic heterocycles. The highest BCUT2D eigenvalue weighted by Crippen LogP contribution is 2.44. The van der Waals surface area contributed by atoms with Crippen molar-refractivity contribution in [1.82, 2.24) is 24.5 Å². The van der Waals surface area contributed by atoms with Crippen LogP contribution in [0.25, 0.3) is 21.3 Å². The van der Waals surface area contributed by atoms with E-state index in [2.05, 4.69) is 20.5 Å². The summed E-state index contributed by atoms with van der Waals surface area (Å²) in [6, 6.07) is -0.192. The Balaban J connectivity index is 1.92. The van der Waals surface area contributed by atoms with E-state index >= 15 is 0 Å². The number of anilines is 1. The molecular formula is C22H21F3N8O4S. The van der Waals surface area contributed by atoms with Crippen LogP contribution in [0.5, 0.6) is 0 Å². The van der Waals surface area contributed by atoms with Crippen LogP contribution >= 0.6 is 11.3 Å². The van der Waals surface area contributed by atoms with Gasteiger partial charge in [-0.05, 0) is 31.9 Å². The maximum Gasteiger partial charge on any atom is 0.433 e. The van der Waals surface area contributed by atoms with Crippen molar-refractivity contribution in [1.29, 1.82) is 0 Å². The van der Waals surface area contributed by atoms with Crippen LogP contribution in [0.15, 0.2) is 24.7 Å². The molecule has 0 aromatic carbocycles.